The maximum atomic E-state index is 13.5. The number of carboxylic acids is 1. The first-order valence-electron chi connectivity index (χ1n) is 10.4. The first kappa shape index (κ1) is 19.4. The molecule has 1 aromatic heterocycles. The van der Waals surface area contributed by atoms with Gasteiger partial charge < -0.3 is 9.67 Å². The third-order valence-electron chi connectivity index (χ3n) is 6.24. The molecule has 0 saturated carbocycles. The predicted octanol–water partition coefficient (Wildman–Crippen LogP) is 4.97. The molecule has 0 bridgehead atoms. The summed E-state index contributed by atoms with van der Waals surface area (Å²) >= 11 is 0. The molecule has 1 unspecified atom stereocenters. The maximum absolute atomic E-state index is 13.5. The predicted molar refractivity (Wildman–Crippen MR) is 117 cm³/mol. The van der Waals surface area contributed by atoms with E-state index in [2.05, 4.69) is 6.07 Å². The molecule has 150 valence electrons. The number of pyridine rings is 1. The molecule has 4 nitrogen and oxygen atoms in total. The lowest BCUT2D eigenvalue weighted by atomic mass is 9.84. The van der Waals surface area contributed by atoms with Crippen LogP contribution in [0.1, 0.15) is 54.4 Å². The van der Waals surface area contributed by atoms with Crippen LogP contribution in [0.2, 0.25) is 0 Å². The van der Waals surface area contributed by atoms with E-state index in [4.69, 9.17) is 0 Å². The Labute approximate surface area is 170 Å². The number of aromatic nitrogens is 1. The van der Waals surface area contributed by atoms with Crippen molar-refractivity contribution in [3.8, 4) is 11.1 Å². The molecule has 0 spiro atoms. The summed E-state index contributed by atoms with van der Waals surface area (Å²) in [5.41, 5.74) is 6.59. The number of benzene rings is 2. The van der Waals surface area contributed by atoms with Gasteiger partial charge in [-0.15, -0.1) is 0 Å². The number of carbonyl (C=O) groups is 1. The van der Waals surface area contributed by atoms with Crippen LogP contribution in [0.3, 0.4) is 0 Å². The Hall–Kier alpha value is -2.88. The second-order valence-corrected chi connectivity index (χ2v) is 8.15. The Kier molecular flexibility index (Phi) is 5.03. The van der Waals surface area contributed by atoms with E-state index in [0.717, 1.165) is 46.9 Å². The summed E-state index contributed by atoms with van der Waals surface area (Å²) in [7, 11) is 1.76. The molecule has 0 radical (unpaired) electrons. The normalized spacial score (nSPS) is 14.2. The molecule has 4 rings (SSSR count). The Balaban J connectivity index is 2.20. The average Bonchev–Trinajstić information content (AvgIpc) is 3.18. The van der Waals surface area contributed by atoms with Crippen LogP contribution in [0.15, 0.2) is 41.2 Å². The van der Waals surface area contributed by atoms with Crippen LogP contribution < -0.4 is 5.56 Å². The van der Waals surface area contributed by atoms with E-state index < -0.39 is 11.9 Å². The molecule has 29 heavy (non-hydrogen) atoms. The number of nitrogens with zero attached hydrogens (tertiary/aromatic N) is 1. The van der Waals surface area contributed by atoms with Crippen molar-refractivity contribution in [2.75, 3.05) is 0 Å². The van der Waals surface area contributed by atoms with Crippen molar-refractivity contribution in [1.82, 2.24) is 4.57 Å². The number of rotatable bonds is 5. The van der Waals surface area contributed by atoms with Gasteiger partial charge in [0.05, 0.1) is 11.4 Å². The molecule has 1 atom stereocenters. The molecular weight excluding hydrogens is 362 g/mol. The van der Waals surface area contributed by atoms with Crippen molar-refractivity contribution in [3.63, 3.8) is 0 Å². The number of aryl methyl sites for hydroxylation is 4. The second kappa shape index (κ2) is 7.51. The van der Waals surface area contributed by atoms with Gasteiger partial charge in [-0.1, -0.05) is 49.2 Å². The van der Waals surface area contributed by atoms with Crippen LogP contribution in [-0.4, -0.2) is 15.6 Å². The van der Waals surface area contributed by atoms with Gasteiger partial charge in [-0.25, -0.2) is 0 Å². The highest BCUT2D eigenvalue weighted by Crippen LogP contribution is 2.40. The zero-order valence-electron chi connectivity index (χ0n) is 17.3. The minimum Gasteiger partial charge on any atom is -0.481 e. The Bertz CT molecular complexity index is 1160. The highest BCUT2D eigenvalue weighted by atomic mass is 16.4. The molecule has 1 aliphatic rings. The fourth-order valence-electron chi connectivity index (χ4n) is 4.77. The van der Waals surface area contributed by atoms with Gasteiger partial charge in [-0.3, -0.25) is 9.59 Å². The third-order valence-corrected chi connectivity index (χ3v) is 6.24. The molecule has 2 aromatic carbocycles. The summed E-state index contributed by atoms with van der Waals surface area (Å²) < 4.78 is 1.65. The smallest absolute Gasteiger partial charge is 0.311 e. The number of carboxylic acid groups (broad SMARTS) is 1. The van der Waals surface area contributed by atoms with E-state index in [-0.39, 0.29) is 5.56 Å². The minimum atomic E-state index is -0.927. The molecular formula is C25H27NO3. The lowest BCUT2D eigenvalue weighted by Crippen LogP contribution is -2.28. The van der Waals surface area contributed by atoms with Crippen molar-refractivity contribution in [1.29, 1.82) is 0 Å². The monoisotopic (exact) mass is 389 g/mol. The Morgan fingerprint density at radius 1 is 1.14 bits per heavy atom. The molecule has 3 aromatic rings. The van der Waals surface area contributed by atoms with Gasteiger partial charge in [0.15, 0.2) is 0 Å². The summed E-state index contributed by atoms with van der Waals surface area (Å²) in [5.74, 6) is -1.74. The summed E-state index contributed by atoms with van der Waals surface area (Å²) in [6.45, 7) is 3.99. The highest BCUT2D eigenvalue weighted by Gasteiger charge is 2.30. The maximum Gasteiger partial charge on any atom is 0.311 e. The van der Waals surface area contributed by atoms with Gasteiger partial charge in [0.2, 0.25) is 0 Å². The number of hydrogen-bond acceptors (Lipinski definition) is 2. The minimum absolute atomic E-state index is 0.202. The van der Waals surface area contributed by atoms with Gasteiger partial charge >= 0.3 is 5.97 Å². The number of aliphatic carboxylic acids is 1. The van der Waals surface area contributed by atoms with E-state index in [1.165, 1.54) is 11.1 Å². The molecule has 0 amide bonds. The molecule has 4 heteroatoms. The summed E-state index contributed by atoms with van der Waals surface area (Å²) in [5, 5.41) is 11.1. The van der Waals surface area contributed by atoms with E-state index in [1.807, 2.05) is 44.2 Å². The largest absolute Gasteiger partial charge is 0.481 e. The summed E-state index contributed by atoms with van der Waals surface area (Å²) in [6.07, 6.45) is 4.25. The fraction of sp³-hybridized carbons (Fsp3) is 0.360. The van der Waals surface area contributed by atoms with Crippen molar-refractivity contribution < 1.29 is 9.90 Å². The number of hydrogen-bond donors (Lipinski definition) is 1. The van der Waals surface area contributed by atoms with Crippen molar-refractivity contribution >= 4 is 16.9 Å². The van der Waals surface area contributed by atoms with E-state index in [0.29, 0.717) is 18.4 Å². The summed E-state index contributed by atoms with van der Waals surface area (Å²) in [6, 6.07) is 12.3. The molecule has 0 fully saturated rings. The topological polar surface area (TPSA) is 59.3 Å². The quantitative estimate of drug-likeness (QED) is 0.670. The fourth-order valence-corrected chi connectivity index (χ4v) is 4.77. The Morgan fingerprint density at radius 2 is 1.86 bits per heavy atom. The lowest BCUT2D eigenvalue weighted by Gasteiger charge is -2.22. The van der Waals surface area contributed by atoms with Crippen molar-refractivity contribution in [3.05, 3.63) is 69.0 Å². The van der Waals surface area contributed by atoms with E-state index in [9.17, 15) is 14.7 Å². The lowest BCUT2D eigenvalue weighted by molar-refractivity contribution is -0.139. The summed E-state index contributed by atoms with van der Waals surface area (Å²) in [4.78, 5) is 25.7. The highest BCUT2D eigenvalue weighted by molar-refractivity contribution is 6.01. The van der Waals surface area contributed by atoms with Gasteiger partial charge in [-0.2, -0.15) is 0 Å². The van der Waals surface area contributed by atoms with Crippen LogP contribution in [0.5, 0.6) is 0 Å². The van der Waals surface area contributed by atoms with Crippen LogP contribution in [0, 0.1) is 6.92 Å². The Morgan fingerprint density at radius 3 is 2.52 bits per heavy atom. The first-order chi connectivity index (χ1) is 13.9. The average molecular weight is 389 g/mol. The van der Waals surface area contributed by atoms with Crippen molar-refractivity contribution in [2.45, 2.75) is 51.9 Å². The second-order valence-electron chi connectivity index (χ2n) is 8.15. The van der Waals surface area contributed by atoms with Gasteiger partial charge in [-0.05, 0) is 55.4 Å². The zero-order chi connectivity index (χ0) is 20.7. The molecule has 1 aliphatic carbocycles. The standard InChI is InChI=1S/C25H27NO3/c1-4-6-19(25(28)29)23-21(17-11-9-15(2)10-12-17)22-18-8-5-7-16(18)13-14-20(22)26(3)24(23)27/h9-14,19H,4-8H2,1-3H3,(H,28,29). The van der Waals surface area contributed by atoms with Crippen LogP contribution in [-0.2, 0) is 24.7 Å². The van der Waals surface area contributed by atoms with Gasteiger partial charge in [0, 0.05) is 23.6 Å². The van der Waals surface area contributed by atoms with Gasteiger partial charge in [0.1, 0.15) is 0 Å². The van der Waals surface area contributed by atoms with Gasteiger partial charge in [0.25, 0.3) is 5.56 Å². The van der Waals surface area contributed by atoms with Crippen LogP contribution in [0.4, 0.5) is 0 Å². The zero-order valence-corrected chi connectivity index (χ0v) is 17.3. The van der Waals surface area contributed by atoms with Crippen LogP contribution >= 0.6 is 0 Å². The van der Waals surface area contributed by atoms with Crippen LogP contribution in [0.25, 0.3) is 22.0 Å². The van der Waals surface area contributed by atoms with E-state index >= 15 is 0 Å². The van der Waals surface area contributed by atoms with Crippen molar-refractivity contribution in [2.24, 2.45) is 7.05 Å². The van der Waals surface area contributed by atoms with E-state index in [1.54, 1.807) is 11.6 Å². The molecule has 0 aliphatic heterocycles. The molecule has 1 heterocycles. The molecule has 1 N–H and O–H groups in total. The number of fused-ring (bicyclic) bond motifs is 3. The first-order valence-corrected chi connectivity index (χ1v) is 10.4. The third kappa shape index (κ3) is 3.17. The molecule has 0 saturated heterocycles. The SMILES string of the molecule is CCCC(C(=O)O)c1c(-c2ccc(C)cc2)c2c3c(ccc2n(C)c1=O)CCC3.